The van der Waals surface area contributed by atoms with E-state index in [1.165, 1.54) is 30.5 Å². The number of amides is 1. The average Bonchev–Trinajstić information content (AvgIpc) is 3.09. The largest absolute Gasteiger partial charge is 0.492 e. The van der Waals surface area contributed by atoms with Crippen LogP contribution in [0.2, 0.25) is 10.0 Å². The van der Waals surface area contributed by atoms with Crippen LogP contribution in [0.15, 0.2) is 54.9 Å². The Morgan fingerprint density at radius 1 is 1.23 bits per heavy atom. The first-order chi connectivity index (χ1) is 12.5. The summed E-state index contributed by atoms with van der Waals surface area (Å²) in [5.74, 6) is 0.307. The molecule has 0 aliphatic heterocycles. The second kappa shape index (κ2) is 8.21. The van der Waals surface area contributed by atoms with E-state index in [-0.39, 0.29) is 24.9 Å². The fraction of sp³-hybridized carbons (Fsp3) is 0.111. The molecule has 0 bridgehead atoms. The third kappa shape index (κ3) is 4.33. The Balaban J connectivity index is 1.60. The molecule has 5 nitrogen and oxygen atoms in total. The number of rotatable bonds is 6. The first-order valence-corrected chi connectivity index (χ1v) is 8.45. The summed E-state index contributed by atoms with van der Waals surface area (Å²) in [5, 5.41) is 3.50. The molecule has 8 heteroatoms. The monoisotopic (exact) mass is 393 g/mol. The molecule has 0 spiro atoms. The molecule has 3 rings (SSSR count). The van der Waals surface area contributed by atoms with Crippen molar-refractivity contribution in [2.45, 2.75) is 0 Å². The van der Waals surface area contributed by atoms with Crippen molar-refractivity contribution in [3.05, 3.63) is 76.4 Å². The zero-order valence-electron chi connectivity index (χ0n) is 13.5. The van der Waals surface area contributed by atoms with Crippen LogP contribution >= 0.6 is 23.2 Å². The van der Waals surface area contributed by atoms with Gasteiger partial charge in [-0.25, -0.2) is 9.37 Å². The van der Waals surface area contributed by atoms with Crippen LogP contribution < -0.4 is 10.1 Å². The van der Waals surface area contributed by atoms with Gasteiger partial charge in [-0.2, -0.15) is 0 Å². The predicted molar refractivity (Wildman–Crippen MR) is 97.8 cm³/mol. The molecule has 1 amide bonds. The molecule has 134 valence electrons. The van der Waals surface area contributed by atoms with Gasteiger partial charge in [0.05, 0.1) is 16.6 Å². The highest BCUT2D eigenvalue weighted by atomic mass is 35.5. The van der Waals surface area contributed by atoms with Crippen molar-refractivity contribution < 1.29 is 13.9 Å². The summed E-state index contributed by atoms with van der Waals surface area (Å²) in [4.78, 5) is 16.6. The number of halogens is 3. The van der Waals surface area contributed by atoms with E-state index in [2.05, 4.69) is 10.3 Å². The fourth-order valence-corrected chi connectivity index (χ4v) is 2.76. The molecule has 0 atom stereocenters. The molecule has 1 aromatic carbocycles. The lowest BCUT2D eigenvalue weighted by molar-refractivity contribution is 0.0940. The van der Waals surface area contributed by atoms with Crippen LogP contribution in [0.1, 0.15) is 10.5 Å². The van der Waals surface area contributed by atoms with E-state index in [4.69, 9.17) is 27.9 Å². The maximum atomic E-state index is 12.8. The average molecular weight is 394 g/mol. The van der Waals surface area contributed by atoms with E-state index in [9.17, 15) is 9.18 Å². The molecule has 0 aliphatic carbocycles. The SMILES string of the molecule is O=C(NCCOc1ccc(F)cc1)c1cccn1-c1ncc(Cl)cc1Cl. The van der Waals surface area contributed by atoms with Crippen molar-refractivity contribution in [1.82, 2.24) is 14.9 Å². The molecule has 1 N–H and O–H groups in total. The second-order valence-electron chi connectivity index (χ2n) is 5.28. The van der Waals surface area contributed by atoms with E-state index in [1.54, 1.807) is 29.0 Å². The van der Waals surface area contributed by atoms with Gasteiger partial charge in [0, 0.05) is 12.4 Å². The third-order valence-corrected chi connectivity index (χ3v) is 3.95. The van der Waals surface area contributed by atoms with E-state index >= 15 is 0 Å². The van der Waals surface area contributed by atoms with Crippen LogP contribution in [-0.2, 0) is 0 Å². The topological polar surface area (TPSA) is 56.1 Å². The van der Waals surface area contributed by atoms with Gasteiger partial charge in [-0.15, -0.1) is 0 Å². The summed E-state index contributed by atoms with van der Waals surface area (Å²) in [6.07, 6.45) is 3.15. The molecule has 0 aliphatic rings. The van der Waals surface area contributed by atoms with E-state index in [1.807, 2.05) is 0 Å². The standard InChI is InChI=1S/C18H14Cl2FN3O2/c19-12-10-15(20)17(23-11-12)24-8-1-2-16(24)18(25)22-7-9-26-14-5-3-13(21)4-6-14/h1-6,8,10-11H,7,9H2,(H,22,25). The Kier molecular flexibility index (Phi) is 5.75. The summed E-state index contributed by atoms with van der Waals surface area (Å²) < 4.78 is 19.8. The Morgan fingerprint density at radius 3 is 2.73 bits per heavy atom. The highest BCUT2D eigenvalue weighted by Crippen LogP contribution is 2.23. The first-order valence-electron chi connectivity index (χ1n) is 7.70. The lowest BCUT2D eigenvalue weighted by Crippen LogP contribution is -2.29. The molecule has 0 radical (unpaired) electrons. The zero-order valence-corrected chi connectivity index (χ0v) is 15.0. The smallest absolute Gasteiger partial charge is 0.268 e. The number of aromatic nitrogens is 2. The van der Waals surface area contributed by atoms with Crippen molar-refractivity contribution in [3.8, 4) is 11.6 Å². The number of carbonyl (C=O) groups excluding carboxylic acids is 1. The molecule has 0 saturated heterocycles. The van der Waals surface area contributed by atoms with Crippen molar-refractivity contribution in [3.63, 3.8) is 0 Å². The number of nitrogens with zero attached hydrogens (tertiary/aromatic N) is 2. The molecule has 2 heterocycles. The number of carbonyl (C=O) groups is 1. The lowest BCUT2D eigenvalue weighted by Gasteiger charge is -2.11. The van der Waals surface area contributed by atoms with Crippen LogP contribution in [0, 0.1) is 5.82 Å². The van der Waals surface area contributed by atoms with Crippen LogP contribution in [0.4, 0.5) is 4.39 Å². The highest BCUT2D eigenvalue weighted by molar-refractivity contribution is 6.35. The number of pyridine rings is 1. The van der Waals surface area contributed by atoms with Gasteiger partial charge >= 0.3 is 0 Å². The summed E-state index contributed by atoms with van der Waals surface area (Å²) in [5.41, 5.74) is 0.378. The van der Waals surface area contributed by atoms with Gasteiger partial charge in [0.25, 0.3) is 5.91 Å². The van der Waals surface area contributed by atoms with Crippen LogP contribution in [-0.4, -0.2) is 28.6 Å². The maximum absolute atomic E-state index is 12.8. The minimum atomic E-state index is -0.333. The molecule has 0 fully saturated rings. The van der Waals surface area contributed by atoms with Crippen molar-refractivity contribution in [1.29, 1.82) is 0 Å². The second-order valence-corrected chi connectivity index (χ2v) is 6.12. The van der Waals surface area contributed by atoms with Crippen molar-refractivity contribution in [2.24, 2.45) is 0 Å². The number of nitrogens with one attached hydrogen (secondary N) is 1. The number of hydrogen-bond acceptors (Lipinski definition) is 3. The van der Waals surface area contributed by atoms with Gasteiger partial charge in [-0.3, -0.25) is 9.36 Å². The molecule has 3 aromatic rings. The van der Waals surface area contributed by atoms with E-state index < -0.39 is 0 Å². The van der Waals surface area contributed by atoms with Crippen LogP contribution in [0.5, 0.6) is 5.75 Å². The van der Waals surface area contributed by atoms with Crippen LogP contribution in [0.25, 0.3) is 5.82 Å². The van der Waals surface area contributed by atoms with Crippen molar-refractivity contribution in [2.75, 3.05) is 13.2 Å². The van der Waals surface area contributed by atoms with Gasteiger partial charge < -0.3 is 10.1 Å². The Labute approximate surface area is 159 Å². The number of hydrogen-bond donors (Lipinski definition) is 1. The van der Waals surface area contributed by atoms with E-state index in [0.717, 1.165) is 0 Å². The van der Waals surface area contributed by atoms with Gasteiger partial charge in [0.15, 0.2) is 5.82 Å². The lowest BCUT2D eigenvalue weighted by atomic mass is 10.3. The third-order valence-electron chi connectivity index (χ3n) is 3.47. The number of ether oxygens (including phenoxy) is 1. The van der Waals surface area contributed by atoms with E-state index in [0.29, 0.717) is 27.3 Å². The Morgan fingerprint density at radius 2 is 2.00 bits per heavy atom. The summed E-state index contributed by atoms with van der Waals surface area (Å²) in [7, 11) is 0. The molecular weight excluding hydrogens is 380 g/mol. The quantitative estimate of drug-likeness (QED) is 0.640. The van der Waals surface area contributed by atoms with Crippen molar-refractivity contribution >= 4 is 29.1 Å². The summed E-state index contributed by atoms with van der Waals surface area (Å²) >= 11 is 12.0. The molecule has 0 unspecified atom stereocenters. The normalized spacial score (nSPS) is 10.6. The molecular formula is C18H14Cl2FN3O2. The minimum Gasteiger partial charge on any atom is -0.492 e. The summed E-state index contributed by atoms with van der Waals surface area (Å²) in [6, 6.07) is 10.6. The summed E-state index contributed by atoms with van der Waals surface area (Å²) in [6.45, 7) is 0.529. The molecule has 0 saturated carbocycles. The Hall–Kier alpha value is -2.57. The predicted octanol–water partition coefficient (Wildman–Crippen LogP) is 4.13. The van der Waals surface area contributed by atoms with Gasteiger partial charge in [0.2, 0.25) is 0 Å². The minimum absolute atomic E-state index is 0.248. The molecule has 26 heavy (non-hydrogen) atoms. The van der Waals surface area contributed by atoms with Gasteiger partial charge in [-0.1, -0.05) is 23.2 Å². The fourth-order valence-electron chi connectivity index (χ4n) is 2.29. The highest BCUT2D eigenvalue weighted by Gasteiger charge is 2.14. The Bertz CT molecular complexity index is 913. The van der Waals surface area contributed by atoms with Gasteiger partial charge in [-0.05, 0) is 42.5 Å². The zero-order chi connectivity index (χ0) is 18.5. The van der Waals surface area contributed by atoms with Crippen LogP contribution in [0.3, 0.4) is 0 Å². The maximum Gasteiger partial charge on any atom is 0.268 e. The first kappa shape index (κ1) is 18.2. The van der Waals surface area contributed by atoms with Gasteiger partial charge in [0.1, 0.15) is 23.9 Å². The number of benzene rings is 1. The molecule has 2 aromatic heterocycles.